The van der Waals surface area contributed by atoms with E-state index in [1.54, 1.807) is 11.3 Å². The number of ether oxygens (including phenoxy) is 1. The summed E-state index contributed by atoms with van der Waals surface area (Å²) in [5.74, 6) is 2.43. The third-order valence-corrected chi connectivity index (χ3v) is 6.65. The number of aliphatic hydroxyl groups is 1. The van der Waals surface area contributed by atoms with Crippen LogP contribution >= 0.6 is 11.3 Å². The number of fused-ring (bicyclic) bond motifs is 1. The molecule has 4 rings (SSSR count). The summed E-state index contributed by atoms with van der Waals surface area (Å²) in [6.07, 6.45) is 2.75. The molecule has 1 N–H and O–H groups in total. The summed E-state index contributed by atoms with van der Waals surface area (Å²) in [5.41, 5.74) is 0.456. The van der Waals surface area contributed by atoms with Crippen molar-refractivity contribution in [2.75, 3.05) is 31.2 Å². The predicted molar refractivity (Wildman–Crippen MR) is 96.6 cm³/mol. The van der Waals surface area contributed by atoms with E-state index in [4.69, 9.17) is 9.72 Å². The minimum absolute atomic E-state index is 0.222. The standard InChI is InChI=1S/C18H25N3O2S/c1-12-11-21(7-6-18(12,22)14-3-8-23-9-4-14)17-16-15(5-10-24-16)19-13(2)20-17/h5,10,12,14,22H,3-4,6-9,11H2,1-2H3. The van der Waals surface area contributed by atoms with Crippen molar-refractivity contribution in [2.45, 2.75) is 38.7 Å². The van der Waals surface area contributed by atoms with Crippen molar-refractivity contribution in [1.29, 1.82) is 0 Å². The van der Waals surface area contributed by atoms with Crippen molar-refractivity contribution in [3.8, 4) is 0 Å². The van der Waals surface area contributed by atoms with Gasteiger partial charge in [-0.05, 0) is 43.6 Å². The van der Waals surface area contributed by atoms with Gasteiger partial charge in [0.1, 0.15) is 11.6 Å². The normalized spacial score (nSPS) is 29.3. The maximum atomic E-state index is 11.3. The molecule has 2 unspecified atom stereocenters. The maximum absolute atomic E-state index is 11.3. The Labute approximate surface area is 146 Å². The van der Waals surface area contributed by atoms with Crippen LogP contribution in [-0.4, -0.2) is 47.0 Å². The third-order valence-electron chi connectivity index (χ3n) is 5.76. The summed E-state index contributed by atoms with van der Waals surface area (Å²) < 4.78 is 6.63. The molecule has 130 valence electrons. The average Bonchev–Trinajstić information content (AvgIpc) is 3.06. The van der Waals surface area contributed by atoms with Crippen LogP contribution in [0.2, 0.25) is 0 Å². The molecule has 2 fully saturated rings. The molecule has 0 aliphatic carbocycles. The van der Waals surface area contributed by atoms with Crippen LogP contribution in [0.15, 0.2) is 11.4 Å². The van der Waals surface area contributed by atoms with E-state index in [-0.39, 0.29) is 5.92 Å². The van der Waals surface area contributed by atoms with E-state index in [0.29, 0.717) is 5.92 Å². The van der Waals surface area contributed by atoms with Crippen molar-refractivity contribution in [3.05, 3.63) is 17.3 Å². The highest BCUT2D eigenvalue weighted by Crippen LogP contribution is 2.41. The van der Waals surface area contributed by atoms with Gasteiger partial charge in [0, 0.05) is 32.2 Å². The van der Waals surface area contributed by atoms with E-state index in [2.05, 4.69) is 28.3 Å². The second kappa shape index (κ2) is 6.24. The zero-order chi connectivity index (χ0) is 16.7. The lowest BCUT2D eigenvalue weighted by Gasteiger charge is -2.48. The van der Waals surface area contributed by atoms with E-state index in [1.165, 1.54) is 0 Å². The quantitative estimate of drug-likeness (QED) is 0.905. The fraction of sp³-hybridized carbons (Fsp3) is 0.667. The zero-order valence-corrected chi connectivity index (χ0v) is 15.2. The lowest BCUT2D eigenvalue weighted by Crippen LogP contribution is -2.56. The fourth-order valence-corrected chi connectivity index (χ4v) is 5.16. The second-order valence-corrected chi connectivity index (χ2v) is 8.12. The zero-order valence-electron chi connectivity index (χ0n) is 14.4. The Kier molecular flexibility index (Phi) is 4.22. The highest BCUT2D eigenvalue weighted by atomic mass is 32.1. The Balaban J connectivity index is 1.58. The molecular formula is C18H25N3O2S. The van der Waals surface area contributed by atoms with Crippen LogP contribution in [0, 0.1) is 18.8 Å². The molecule has 2 aromatic rings. The second-order valence-electron chi connectivity index (χ2n) is 7.20. The maximum Gasteiger partial charge on any atom is 0.150 e. The number of hydrogen-bond acceptors (Lipinski definition) is 6. The SMILES string of the molecule is Cc1nc(N2CCC(O)(C3CCOCC3)C(C)C2)c2sccc2n1. The van der Waals surface area contributed by atoms with Crippen molar-refractivity contribution in [2.24, 2.45) is 11.8 Å². The molecule has 0 aromatic carbocycles. The molecule has 6 heteroatoms. The molecule has 0 amide bonds. The van der Waals surface area contributed by atoms with Gasteiger partial charge < -0.3 is 14.7 Å². The summed E-state index contributed by atoms with van der Waals surface area (Å²) in [6.45, 7) is 7.39. The van der Waals surface area contributed by atoms with Gasteiger partial charge >= 0.3 is 0 Å². The molecule has 2 aliphatic rings. The summed E-state index contributed by atoms with van der Waals surface area (Å²) in [6, 6.07) is 2.06. The van der Waals surface area contributed by atoms with Crippen molar-refractivity contribution < 1.29 is 9.84 Å². The molecule has 4 heterocycles. The predicted octanol–water partition coefficient (Wildman–Crippen LogP) is 3.00. The number of hydrogen-bond donors (Lipinski definition) is 1. The monoisotopic (exact) mass is 347 g/mol. The van der Waals surface area contributed by atoms with Gasteiger partial charge in [-0.3, -0.25) is 0 Å². The Morgan fingerprint density at radius 3 is 2.88 bits per heavy atom. The Hall–Kier alpha value is -1.24. The van der Waals surface area contributed by atoms with Crippen LogP contribution in [0.1, 0.15) is 32.0 Å². The van der Waals surface area contributed by atoms with Crippen molar-refractivity contribution in [3.63, 3.8) is 0 Å². The van der Waals surface area contributed by atoms with Crippen molar-refractivity contribution >= 4 is 27.4 Å². The van der Waals surface area contributed by atoms with Gasteiger partial charge in [-0.1, -0.05) is 6.92 Å². The first-order chi connectivity index (χ1) is 11.6. The molecule has 24 heavy (non-hydrogen) atoms. The van der Waals surface area contributed by atoms with Crippen molar-refractivity contribution in [1.82, 2.24) is 9.97 Å². The summed E-state index contributed by atoms with van der Waals surface area (Å²) >= 11 is 1.70. The molecule has 5 nitrogen and oxygen atoms in total. The minimum Gasteiger partial charge on any atom is -0.389 e. The lowest BCUT2D eigenvalue weighted by atomic mass is 9.70. The Bertz CT molecular complexity index is 728. The van der Waals surface area contributed by atoms with Crippen LogP contribution in [-0.2, 0) is 4.74 Å². The summed E-state index contributed by atoms with van der Waals surface area (Å²) in [7, 11) is 0. The molecule has 2 saturated heterocycles. The van der Waals surface area contributed by atoms with Gasteiger partial charge in [0.05, 0.1) is 15.8 Å². The molecule has 0 saturated carbocycles. The van der Waals surface area contributed by atoms with E-state index < -0.39 is 5.60 Å². The first kappa shape index (κ1) is 16.2. The van der Waals surface area contributed by atoms with Crippen LogP contribution in [0.25, 0.3) is 10.2 Å². The number of rotatable bonds is 2. The van der Waals surface area contributed by atoms with Crippen LogP contribution < -0.4 is 4.90 Å². The Morgan fingerprint density at radius 2 is 2.12 bits per heavy atom. The molecule has 0 radical (unpaired) electrons. The van der Waals surface area contributed by atoms with Crippen LogP contribution in [0.5, 0.6) is 0 Å². The summed E-state index contributed by atoms with van der Waals surface area (Å²) in [4.78, 5) is 11.6. The number of nitrogens with zero attached hydrogens (tertiary/aromatic N) is 3. The van der Waals surface area contributed by atoms with Gasteiger partial charge in [-0.25, -0.2) is 9.97 Å². The highest BCUT2D eigenvalue weighted by Gasteiger charge is 2.45. The Morgan fingerprint density at radius 1 is 1.33 bits per heavy atom. The molecule has 2 atom stereocenters. The van der Waals surface area contributed by atoms with Crippen LogP contribution in [0.4, 0.5) is 5.82 Å². The van der Waals surface area contributed by atoms with Gasteiger partial charge in [-0.15, -0.1) is 11.3 Å². The number of anilines is 1. The number of aromatic nitrogens is 2. The molecule has 0 bridgehead atoms. The fourth-order valence-electron chi connectivity index (χ4n) is 4.31. The van der Waals surface area contributed by atoms with Gasteiger partial charge in [0.2, 0.25) is 0 Å². The van der Waals surface area contributed by atoms with E-state index in [9.17, 15) is 5.11 Å². The lowest BCUT2D eigenvalue weighted by molar-refractivity contribution is -0.108. The third kappa shape index (κ3) is 2.70. The topological polar surface area (TPSA) is 58.5 Å². The largest absolute Gasteiger partial charge is 0.389 e. The number of aryl methyl sites for hydroxylation is 1. The van der Waals surface area contributed by atoms with E-state index >= 15 is 0 Å². The molecular weight excluding hydrogens is 322 g/mol. The molecule has 2 aliphatic heterocycles. The first-order valence-electron chi connectivity index (χ1n) is 8.85. The summed E-state index contributed by atoms with van der Waals surface area (Å²) in [5, 5.41) is 13.4. The highest BCUT2D eigenvalue weighted by molar-refractivity contribution is 7.17. The van der Waals surface area contributed by atoms with Crippen LogP contribution in [0.3, 0.4) is 0 Å². The van der Waals surface area contributed by atoms with Gasteiger partial charge in [0.25, 0.3) is 0 Å². The van der Waals surface area contributed by atoms with Gasteiger partial charge in [0.15, 0.2) is 0 Å². The smallest absolute Gasteiger partial charge is 0.150 e. The van der Waals surface area contributed by atoms with E-state index in [0.717, 1.165) is 67.4 Å². The molecule has 2 aromatic heterocycles. The average molecular weight is 347 g/mol. The van der Waals surface area contributed by atoms with Gasteiger partial charge in [-0.2, -0.15) is 0 Å². The number of thiophene rings is 1. The number of piperidine rings is 1. The van der Waals surface area contributed by atoms with E-state index in [1.807, 2.05) is 6.92 Å². The first-order valence-corrected chi connectivity index (χ1v) is 9.73. The molecule has 0 spiro atoms. The minimum atomic E-state index is -0.572.